The van der Waals surface area contributed by atoms with Crippen molar-refractivity contribution < 1.29 is 8.42 Å². The van der Waals surface area contributed by atoms with Crippen molar-refractivity contribution in [2.75, 3.05) is 25.1 Å². The standard InChI is InChI=1S/C14H25N3O2S2.HI/c1-5-21(18,19)9-8-16-14(15-4)17-11(2)10-13-7-6-12(3)20-13;/h6-7,11H,5,8-10H2,1-4H3,(H2,15,16,17);1H. The van der Waals surface area contributed by atoms with Gasteiger partial charge in [0.2, 0.25) is 0 Å². The van der Waals surface area contributed by atoms with Crippen LogP contribution in [0.15, 0.2) is 17.1 Å². The molecule has 0 aliphatic heterocycles. The van der Waals surface area contributed by atoms with Crippen molar-refractivity contribution in [2.24, 2.45) is 4.99 Å². The van der Waals surface area contributed by atoms with Crippen molar-refractivity contribution in [3.8, 4) is 0 Å². The lowest BCUT2D eigenvalue weighted by Crippen LogP contribution is -2.44. The van der Waals surface area contributed by atoms with E-state index in [1.807, 2.05) is 0 Å². The highest BCUT2D eigenvalue weighted by Crippen LogP contribution is 2.16. The predicted molar refractivity (Wildman–Crippen MR) is 106 cm³/mol. The van der Waals surface area contributed by atoms with Crippen LogP contribution in [0.4, 0.5) is 0 Å². The van der Waals surface area contributed by atoms with Crippen molar-refractivity contribution in [2.45, 2.75) is 33.2 Å². The molecule has 0 saturated carbocycles. The van der Waals surface area contributed by atoms with Crippen LogP contribution in [0.5, 0.6) is 0 Å². The van der Waals surface area contributed by atoms with Crippen LogP contribution in [-0.4, -0.2) is 45.5 Å². The minimum absolute atomic E-state index is 0. The van der Waals surface area contributed by atoms with E-state index in [2.05, 4.69) is 41.6 Å². The number of thiophene rings is 1. The Morgan fingerprint density at radius 3 is 2.59 bits per heavy atom. The van der Waals surface area contributed by atoms with E-state index in [0.29, 0.717) is 12.5 Å². The first-order chi connectivity index (χ1) is 9.86. The van der Waals surface area contributed by atoms with Gasteiger partial charge in [0.05, 0.1) is 5.75 Å². The number of hydrogen-bond donors (Lipinski definition) is 2. The maximum atomic E-state index is 11.4. The van der Waals surface area contributed by atoms with Gasteiger partial charge in [0.1, 0.15) is 0 Å². The predicted octanol–water partition coefficient (Wildman–Crippen LogP) is 2.21. The van der Waals surface area contributed by atoms with Crippen LogP contribution in [0, 0.1) is 6.92 Å². The van der Waals surface area contributed by atoms with Crippen LogP contribution in [-0.2, 0) is 16.3 Å². The molecule has 0 aromatic carbocycles. The van der Waals surface area contributed by atoms with Gasteiger partial charge in [0, 0.05) is 41.6 Å². The number of guanidine groups is 1. The number of hydrogen-bond acceptors (Lipinski definition) is 4. The van der Waals surface area contributed by atoms with Crippen LogP contribution in [0.2, 0.25) is 0 Å². The zero-order valence-corrected chi connectivity index (χ0v) is 17.5. The first-order valence-corrected chi connectivity index (χ1v) is 9.73. The lowest BCUT2D eigenvalue weighted by atomic mass is 10.2. The van der Waals surface area contributed by atoms with Crippen molar-refractivity contribution in [1.82, 2.24) is 10.6 Å². The molecule has 0 aliphatic rings. The highest BCUT2D eigenvalue weighted by atomic mass is 127. The summed E-state index contributed by atoms with van der Waals surface area (Å²) in [5.74, 6) is 0.944. The molecule has 0 spiro atoms. The molecular weight excluding hydrogens is 433 g/mol. The Hall–Kier alpha value is -0.350. The summed E-state index contributed by atoms with van der Waals surface area (Å²) in [6, 6.07) is 4.49. The molecule has 1 heterocycles. The maximum Gasteiger partial charge on any atom is 0.191 e. The quantitative estimate of drug-likeness (QED) is 0.373. The first kappa shape index (κ1) is 21.6. The number of halogens is 1. The van der Waals surface area contributed by atoms with E-state index in [1.165, 1.54) is 9.75 Å². The second kappa shape index (κ2) is 10.4. The fourth-order valence-electron chi connectivity index (χ4n) is 1.84. The molecule has 2 N–H and O–H groups in total. The largest absolute Gasteiger partial charge is 0.355 e. The molecular formula is C14H26IN3O2S2. The Bertz CT molecular complexity index is 570. The monoisotopic (exact) mass is 459 g/mol. The van der Waals surface area contributed by atoms with Crippen LogP contribution >= 0.6 is 35.3 Å². The minimum Gasteiger partial charge on any atom is -0.355 e. The Kier molecular flexibility index (Phi) is 10.3. The summed E-state index contributed by atoms with van der Waals surface area (Å²) in [6.45, 7) is 6.22. The van der Waals surface area contributed by atoms with Crippen molar-refractivity contribution in [3.05, 3.63) is 21.9 Å². The molecule has 1 unspecified atom stereocenters. The maximum absolute atomic E-state index is 11.4. The molecule has 1 aromatic rings. The van der Waals surface area contributed by atoms with E-state index in [1.54, 1.807) is 25.3 Å². The number of nitrogens with one attached hydrogen (secondary N) is 2. The van der Waals surface area contributed by atoms with E-state index in [-0.39, 0.29) is 41.5 Å². The van der Waals surface area contributed by atoms with Gasteiger partial charge in [-0.05, 0) is 26.0 Å². The molecule has 0 aliphatic carbocycles. The van der Waals surface area contributed by atoms with Gasteiger partial charge < -0.3 is 10.6 Å². The molecule has 0 bridgehead atoms. The van der Waals surface area contributed by atoms with Gasteiger partial charge in [-0.1, -0.05) is 6.92 Å². The van der Waals surface area contributed by atoms with Gasteiger partial charge in [-0.2, -0.15) is 0 Å². The van der Waals surface area contributed by atoms with Crippen molar-refractivity contribution in [3.63, 3.8) is 0 Å². The number of aliphatic imine (C=N–C) groups is 1. The fraction of sp³-hybridized carbons (Fsp3) is 0.643. The van der Waals surface area contributed by atoms with Gasteiger partial charge >= 0.3 is 0 Å². The third-order valence-corrected chi connectivity index (χ3v) is 5.78. The van der Waals surface area contributed by atoms with Crippen LogP contribution in [0.25, 0.3) is 0 Å². The normalized spacial score (nSPS) is 13.4. The van der Waals surface area contributed by atoms with E-state index in [4.69, 9.17) is 0 Å². The molecule has 1 aromatic heterocycles. The molecule has 0 fully saturated rings. The molecule has 22 heavy (non-hydrogen) atoms. The Morgan fingerprint density at radius 1 is 1.41 bits per heavy atom. The SMILES string of the molecule is CCS(=O)(=O)CCNC(=NC)NC(C)Cc1ccc(C)s1.I. The average Bonchev–Trinajstić information content (AvgIpc) is 2.82. The summed E-state index contributed by atoms with van der Waals surface area (Å²) in [5, 5.41) is 6.32. The van der Waals surface area contributed by atoms with Crippen molar-refractivity contribution in [1.29, 1.82) is 0 Å². The lowest BCUT2D eigenvalue weighted by Gasteiger charge is -2.17. The van der Waals surface area contributed by atoms with Crippen LogP contribution in [0.3, 0.4) is 0 Å². The Morgan fingerprint density at radius 2 is 2.09 bits per heavy atom. The Balaban J connectivity index is 0.00000441. The van der Waals surface area contributed by atoms with E-state index in [9.17, 15) is 8.42 Å². The van der Waals surface area contributed by atoms with Crippen molar-refractivity contribution >= 4 is 51.1 Å². The summed E-state index contributed by atoms with van der Waals surface area (Å²) in [4.78, 5) is 6.76. The second-order valence-electron chi connectivity index (χ2n) is 5.00. The molecule has 1 atom stereocenters. The highest BCUT2D eigenvalue weighted by molar-refractivity contribution is 14.0. The zero-order chi connectivity index (χ0) is 15.9. The number of sulfone groups is 1. The number of rotatable bonds is 7. The summed E-state index contributed by atoms with van der Waals surface area (Å²) >= 11 is 1.80. The minimum atomic E-state index is -2.94. The summed E-state index contributed by atoms with van der Waals surface area (Å²) in [7, 11) is -1.26. The Labute approximate surface area is 154 Å². The first-order valence-electron chi connectivity index (χ1n) is 7.09. The van der Waals surface area contributed by atoms with Crippen LogP contribution < -0.4 is 10.6 Å². The third-order valence-electron chi connectivity index (χ3n) is 3.06. The molecule has 8 heteroatoms. The smallest absolute Gasteiger partial charge is 0.191 e. The van der Waals surface area contributed by atoms with E-state index in [0.717, 1.165) is 6.42 Å². The number of aryl methyl sites for hydroxylation is 1. The molecule has 0 saturated heterocycles. The third kappa shape index (κ3) is 8.33. The van der Waals surface area contributed by atoms with Gasteiger partial charge in [-0.3, -0.25) is 4.99 Å². The molecule has 128 valence electrons. The molecule has 0 amide bonds. The zero-order valence-electron chi connectivity index (χ0n) is 13.5. The highest BCUT2D eigenvalue weighted by Gasteiger charge is 2.10. The molecule has 1 rings (SSSR count). The lowest BCUT2D eigenvalue weighted by molar-refractivity contribution is 0.595. The summed E-state index contributed by atoms with van der Waals surface area (Å²) in [6.07, 6.45) is 0.923. The second-order valence-corrected chi connectivity index (χ2v) is 8.84. The number of nitrogens with zero attached hydrogens (tertiary/aromatic N) is 1. The van der Waals surface area contributed by atoms with E-state index < -0.39 is 9.84 Å². The van der Waals surface area contributed by atoms with Gasteiger partial charge in [-0.15, -0.1) is 35.3 Å². The molecule has 5 nitrogen and oxygen atoms in total. The fourth-order valence-corrected chi connectivity index (χ4v) is 3.57. The topological polar surface area (TPSA) is 70.6 Å². The average molecular weight is 459 g/mol. The summed E-state index contributed by atoms with van der Waals surface area (Å²) < 4.78 is 22.9. The van der Waals surface area contributed by atoms with Gasteiger partial charge in [0.15, 0.2) is 15.8 Å². The summed E-state index contributed by atoms with van der Waals surface area (Å²) in [5.41, 5.74) is 0. The van der Waals surface area contributed by atoms with Gasteiger partial charge in [-0.25, -0.2) is 8.42 Å². The molecule has 0 radical (unpaired) electrons. The van der Waals surface area contributed by atoms with Crippen LogP contribution in [0.1, 0.15) is 23.6 Å². The van der Waals surface area contributed by atoms with Gasteiger partial charge in [0.25, 0.3) is 0 Å². The van der Waals surface area contributed by atoms with E-state index >= 15 is 0 Å².